The smallest absolute Gasteiger partial charge is 0.223 e. The Morgan fingerprint density at radius 1 is 1.07 bits per heavy atom. The Hall–Kier alpha value is -2.39. The number of nitrogens with zero attached hydrogens (tertiary/aromatic N) is 2. The molecule has 0 saturated carbocycles. The molecule has 0 amide bonds. The number of hydrogen-bond donors (Lipinski definition) is 1. The molecule has 1 atom stereocenters. The number of fused-ring (bicyclic) bond motifs is 3. The van der Waals surface area contributed by atoms with Crippen LogP contribution in [0.2, 0.25) is 5.02 Å². The summed E-state index contributed by atoms with van der Waals surface area (Å²) in [5.41, 5.74) is 6.05. The number of rotatable bonds is 5. The molecule has 1 aliphatic rings. The van der Waals surface area contributed by atoms with E-state index in [1.54, 1.807) is 0 Å². The summed E-state index contributed by atoms with van der Waals surface area (Å²) in [7, 11) is 0. The van der Waals surface area contributed by atoms with Gasteiger partial charge in [0.1, 0.15) is 0 Å². The van der Waals surface area contributed by atoms with E-state index >= 15 is 0 Å². The van der Waals surface area contributed by atoms with E-state index in [4.69, 9.17) is 16.6 Å². The molecule has 0 bridgehead atoms. The number of anilines is 1. The highest BCUT2D eigenvalue weighted by Crippen LogP contribution is 2.42. The first-order chi connectivity index (χ1) is 13.2. The quantitative estimate of drug-likeness (QED) is 0.585. The number of hydrogen-bond acceptors (Lipinski definition) is 3. The number of halogens is 1. The Kier molecular flexibility index (Phi) is 5.13. The first kappa shape index (κ1) is 18.0. The van der Waals surface area contributed by atoms with Crippen molar-refractivity contribution in [3.8, 4) is 11.3 Å². The van der Waals surface area contributed by atoms with Gasteiger partial charge in [0, 0.05) is 28.7 Å². The van der Waals surface area contributed by atoms with E-state index in [0.29, 0.717) is 12.0 Å². The van der Waals surface area contributed by atoms with Crippen molar-refractivity contribution in [3.63, 3.8) is 0 Å². The molecule has 0 spiro atoms. The van der Waals surface area contributed by atoms with Gasteiger partial charge in [0.05, 0.1) is 5.69 Å². The highest BCUT2D eigenvalue weighted by atomic mass is 35.5. The molecule has 0 saturated heterocycles. The molecule has 0 fully saturated rings. The third kappa shape index (κ3) is 3.57. The van der Waals surface area contributed by atoms with E-state index in [-0.39, 0.29) is 0 Å². The predicted octanol–water partition coefficient (Wildman–Crippen LogP) is 6.09. The van der Waals surface area contributed by atoms with E-state index in [2.05, 4.69) is 60.5 Å². The van der Waals surface area contributed by atoms with E-state index < -0.39 is 0 Å². The van der Waals surface area contributed by atoms with Gasteiger partial charge >= 0.3 is 0 Å². The summed E-state index contributed by atoms with van der Waals surface area (Å²) in [6.07, 6.45) is 5.02. The lowest BCUT2D eigenvalue weighted by Gasteiger charge is -2.28. The SMILES string of the molecule is CCC(CC)Nc1ncc2c(n1)-c1ccccc1C(c1ccc(Cl)cc1)C2. The van der Waals surface area contributed by atoms with Gasteiger partial charge in [0.15, 0.2) is 0 Å². The molecular formula is C23H24ClN3. The zero-order chi connectivity index (χ0) is 18.8. The first-order valence-electron chi connectivity index (χ1n) is 9.66. The van der Waals surface area contributed by atoms with Gasteiger partial charge in [-0.15, -0.1) is 0 Å². The minimum atomic E-state index is 0.299. The Labute approximate surface area is 165 Å². The molecule has 1 heterocycles. The third-order valence-electron chi connectivity index (χ3n) is 5.47. The van der Waals surface area contributed by atoms with Crippen LogP contribution in [-0.4, -0.2) is 16.0 Å². The van der Waals surface area contributed by atoms with Crippen molar-refractivity contribution < 1.29 is 0 Å². The van der Waals surface area contributed by atoms with Gasteiger partial charge in [-0.25, -0.2) is 9.97 Å². The van der Waals surface area contributed by atoms with Gasteiger partial charge in [-0.2, -0.15) is 0 Å². The van der Waals surface area contributed by atoms with Gasteiger partial charge in [-0.05, 0) is 48.1 Å². The Bertz CT molecular complexity index is 933. The van der Waals surface area contributed by atoms with Crippen molar-refractivity contribution in [1.82, 2.24) is 9.97 Å². The van der Waals surface area contributed by atoms with Crippen LogP contribution >= 0.6 is 11.6 Å². The highest BCUT2D eigenvalue weighted by Gasteiger charge is 2.27. The standard InChI is InChI=1S/C23H24ClN3/c1-3-18(4-2)26-23-25-14-16-13-21(15-9-11-17(24)12-10-15)19-7-5-6-8-20(19)22(16)27-23/h5-12,14,18,21H,3-4,13H2,1-2H3,(H,25,26,27). The molecule has 1 aliphatic carbocycles. The summed E-state index contributed by atoms with van der Waals surface area (Å²) in [6.45, 7) is 4.37. The van der Waals surface area contributed by atoms with Crippen molar-refractivity contribution in [2.24, 2.45) is 0 Å². The zero-order valence-corrected chi connectivity index (χ0v) is 16.5. The molecule has 0 aliphatic heterocycles. The van der Waals surface area contributed by atoms with Gasteiger partial charge in [0.2, 0.25) is 5.95 Å². The van der Waals surface area contributed by atoms with Crippen LogP contribution in [0.25, 0.3) is 11.3 Å². The largest absolute Gasteiger partial charge is 0.351 e. The van der Waals surface area contributed by atoms with Crippen LogP contribution in [0.4, 0.5) is 5.95 Å². The van der Waals surface area contributed by atoms with Crippen molar-refractivity contribution in [2.45, 2.75) is 45.1 Å². The molecule has 1 aromatic heterocycles. The highest BCUT2D eigenvalue weighted by molar-refractivity contribution is 6.30. The van der Waals surface area contributed by atoms with Crippen molar-refractivity contribution in [2.75, 3.05) is 5.32 Å². The van der Waals surface area contributed by atoms with Crippen LogP contribution in [0.15, 0.2) is 54.7 Å². The fourth-order valence-electron chi connectivity index (χ4n) is 3.87. The lowest BCUT2D eigenvalue weighted by atomic mass is 9.78. The fourth-order valence-corrected chi connectivity index (χ4v) is 4.00. The monoisotopic (exact) mass is 377 g/mol. The fraction of sp³-hybridized carbons (Fsp3) is 0.304. The van der Waals surface area contributed by atoms with Crippen LogP contribution in [0.5, 0.6) is 0 Å². The van der Waals surface area contributed by atoms with E-state index in [9.17, 15) is 0 Å². The summed E-state index contributed by atoms with van der Waals surface area (Å²) in [5, 5.41) is 4.24. The molecule has 2 aromatic carbocycles. The molecular weight excluding hydrogens is 354 g/mol. The molecule has 4 heteroatoms. The summed E-state index contributed by atoms with van der Waals surface area (Å²) in [5.74, 6) is 1.02. The second kappa shape index (κ2) is 7.69. The van der Waals surface area contributed by atoms with Gasteiger partial charge in [-0.1, -0.05) is 61.8 Å². The maximum absolute atomic E-state index is 6.09. The minimum absolute atomic E-state index is 0.299. The molecule has 1 unspecified atom stereocenters. The summed E-state index contributed by atoms with van der Waals surface area (Å²) >= 11 is 6.09. The molecule has 138 valence electrons. The van der Waals surface area contributed by atoms with E-state index in [1.165, 1.54) is 22.3 Å². The maximum Gasteiger partial charge on any atom is 0.223 e. The van der Waals surface area contributed by atoms with Gasteiger partial charge in [-0.3, -0.25) is 0 Å². The molecule has 4 rings (SSSR count). The van der Waals surface area contributed by atoms with Crippen LogP contribution in [-0.2, 0) is 6.42 Å². The summed E-state index contributed by atoms with van der Waals surface area (Å²) in [6, 6.07) is 17.2. The zero-order valence-electron chi connectivity index (χ0n) is 15.7. The van der Waals surface area contributed by atoms with Crippen LogP contribution in [0, 0.1) is 0 Å². The van der Waals surface area contributed by atoms with E-state index in [1.807, 2.05) is 18.3 Å². The average Bonchev–Trinajstić information content (AvgIpc) is 2.72. The summed E-state index contributed by atoms with van der Waals surface area (Å²) < 4.78 is 0. The minimum Gasteiger partial charge on any atom is -0.351 e. The molecule has 1 N–H and O–H groups in total. The van der Waals surface area contributed by atoms with Gasteiger partial charge < -0.3 is 5.32 Å². The lowest BCUT2D eigenvalue weighted by Crippen LogP contribution is -2.20. The lowest BCUT2D eigenvalue weighted by molar-refractivity contribution is 0.663. The first-order valence-corrected chi connectivity index (χ1v) is 10.0. The van der Waals surface area contributed by atoms with Crippen LogP contribution in [0.1, 0.15) is 49.3 Å². The van der Waals surface area contributed by atoms with Crippen molar-refractivity contribution in [3.05, 3.63) is 76.4 Å². The number of benzene rings is 2. The van der Waals surface area contributed by atoms with Crippen LogP contribution < -0.4 is 5.32 Å². The number of nitrogens with one attached hydrogen (secondary N) is 1. The Balaban J connectivity index is 1.75. The Morgan fingerprint density at radius 3 is 2.56 bits per heavy atom. The van der Waals surface area contributed by atoms with E-state index in [0.717, 1.165) is 35.9 Å². The second-order valence-electron chi connectivity index (χ2n) is 7.12. The molecule has 27 heavy (non-hydrogen) atoms. The summed E-state index contributed by atoms with van der Waals surface area (Å²) in [4.78, 5) is 9.49. The predicted molar refractivity (Wildman–Crippen MR) is 112 cm³/mol. The van der Waals surface area contributed by atoms with Crippen LogP contribution in [0.3, 0.4) is 0 Å². The van der Waals surface area contributed by atoms with Crippen molar-refractivity contribution >= 4 is 17.5 Å². The molecule has 3 nitrogen and oxygen atoms in total. The molecule has 3 aromatic rings. The number of aromatic nitrogens is 2. The molecule has 0 radical (unpaired) electrons. The Morgan fingerprint density at radius 2 is 1.81 bits per heavy atom. The van der Waals surface area contributed by atoms with Gasteiger partial charge in [0.25, 0.3) is 0 Å². The topological polar surface area (TPSA) is 37.8 Å². The normalized spacial score (nSPS) is 15.3. The maximum atomic E-state index is 6.09. The third-order valence-corrected chi connectivity index (χ3v) is 5.72. The second-order valence-corrected chi connectivity index (χ2v) is 7.56. The van der Waals surface area contributed by atoms with Crippen molar-refractivity contribution in [1.29, 1.82) is 0 Å². The average molecular weight is 378 g/mol.